The van der Waals surface area contributed by atoms with E-state index in [9.17, 15) is 9.18 Å². The lowest BCUT2D eigenvalue weighted by Crippen LogP contribution is -2.27. The van der Waals surface area contributed by atoms with Crippen LogP contribution in [0.25, 0.3) is 0 Å². The molecule has 0 amide bonds. The van der Waals surface area contributed by atoms with Crippen LogP contribution in [0.4, 0.5) is 9.18 Å². The van der Waals surface area contributed by atoms with Gasteiger partial charge in [-0.2, -0.15) is 0 Å². The van der Waals surface area contributed by atoms with Gasteiger partial charge in [-0.25, -0.2) is 9.18 Å². The van der Waals surface area contributed by atoms with Gasteiger partial charge in [-0.15, -0.1) is 0 Å². The molecule has 4 nitrogen and oxygen atoms in total. The van der Waals surface area contributed by atoms with Crippen molar-refractivity contribution in [2.75, 3.05) is 33.4 Å². The van der Waals surface area contributed by atoms with Crippen LogP contribution in [0.15, 0.2) is 11.4 Å². The molecule has 0 N–H and O–H groups in total. The summed E-state index contributed by atoms with van der Waals surface area (Å²) in [4.78, 5) is 13.0. The van der Waals surface area contributed by atoms with Crippen LogP contribution in [0.5, 0.6) is 0 Å². The highest BCUT2D eigenvalue weighted by Crippen LogP contribution is 2.20. The number of likely N-dealkylation sites (tertiary alicyclic amines) is 1. The summed E-state index contributed by atoms with van der Waals surface area (Å²) < 4.78 is 22.7. The highest BCUT2D eigenvalue weighted by Gasteiger charge is 2.15. The van der Waals surface area contributed by atoms with E-state index in [-0.39, 0.29) is 19.0 Å². The third kappa shape index (κ3) is 4.18. The maximum absolute atomic E-state index is 13.5. The molecule has 0 atom stereocenters. The number of ether oxygens (including phenoxy) is 2. The van der Waals surface area contributed by atoms with Crippen LogP contribution in [0.2, 0.25) is 0 Å². The minimum absolute atomic E-state index is 0.238. The molecule has 1 fully saturated rings. The molecule has 0 aromatic carbocycles. The SMILES string of the molecule is CCOC(=O)OCC(F)=C1CCN(C)CC1. The van der Waals surface area contributed by atoms with Gasteiger partial charge in [-0.05, 0) is 32.4 Å². The highest BCUT2D eigenvalue weighted by molar-refractivity contribution is 5.59. The lowest BCUT2D eigenvalue weighted by atomic mass is 10.0. The number of halogens is 1. The predicted molar refractivity (Wildman–Crippen MR) is 57.8 cm³/mol. The van der Waals surface area contributed by atoms with E-state index in [0.717, 1.165) is 18.7 Å². The molecule has 1 rings (SSSR count). The zero-order valence-electron chi connectivity index (χ0n) is 9.79. The minimum Gasteiger partial charge on any atom is -0.435 e. The van der Waals surface area contributed by atoms with Gasteiger partial charge in [0.15, 0.2) is 0 Å². The Morgan fingerprint density at radius 3 is 2.56 bits per heavy atom. The summed E-state index contributed by atoms with van der Waals surface area (Å²) in [6.07, 6.45) is 0.592. The molecule has 0 aromatic heterocycles. The van der Waals surface area contributed by atoms with E-state index < -0.39 is 6.16 Å². The molecular formula is C11H18FNO3. The molecule has 1 aliphatic heterocycles. The monoisotopic (exact) mass is 231 g/mol. The van der Waals surface area contributed by atoms with E-state index in [1.807, 2.05) is 7.05 Å². The van der Waals surface area contributed by atoms with Crippen molar-refractivity contribution >= 4 is 6.16 Å². The van der Waals surface area contributed by atoms with E-state index in [1.165, 1.54) is 0 Å². The fourth-order valence-electron chi connectivity index (χ4n) is 1.54. The number of hydrogen-bond donors (Lipinski definition) is 0. The Balaban J connectivity index is 2.35. The second kappa shape index (κ2) is 6.48. The van der Waals surface area contributed by atoms with Crippen LogP contribution < -0.4 is 0 Å². The number of carbonyl (C=O) groups excluding carboxylic acids is 1. The zero-order chi connectivity index (χ0) is 12.0. The van der Waals surface area contributed by atoms with Crippen molar-refractivity contribution in [2.24, 2.45) is 0 Å². The minimum atomic E-state index is -0.814. The average Bonchev–Trinajstić information content (AvgIpc) is 2.27. The topological polar surface area (TPSA) is 38.8 Å². The van der Waals surface area contributed by atoms with Crippen molar-refractivity contribution in [3.63, 3.8) is 0 Å². The first-order valence-electron chi connectivity index (χ1n) is 5.48. The van der Waals surface area contributed by atoms with E-state index in [4.69, 9.17) is 0 Å². The Labute approximate surface area is 95.0 Å². The fraction of sp³-hybridized carbons (Fsp3) is 0.727. The molecule has 16 heavy (non-hydrogen) atoms. The summed E-state index contributed by atoms with van der Waals surface area (Å²) >= 11 is 0. The summed E-state index contributed by atoms with van der Waals surface area (Å²) in [5.41, 5.74) is 0.752. The van der Waals surface area contributed by atoms with Gasteiger partial charge in [-0.3, -0.25) is 0 Å². The zero-order valence-corrected chi connectivity index (χ0v) is 9.79. The largest absolute Gasteiger partial charge is 0.508 e. The molecule has 0 unspecified atom stereocenters. The smallest absolute Gasteiger partial charge is 0.435 e. The molecule has 0 radical (unpaired) electrons. The molecule has 1 aliphatic rings. The Kier molecular flexibility index (Phi) is 5.25. The van der Waals surface area contributed by atoms with Crippen LogP contribution >= 0.6 is 0 Å². The number of rotatable bonds is 3. The first-order chi connectivity index (χ1) is 7.63. The Morgan fingerprint density at radius 2 is 2.00 bits per heavy atom. The van der Waals surface area contributed by atoms with Gasteiger partial charge in [0, 0.05) is 13.1 Å². The number of hydrogen-bond acceptors (Lipinski definition) is 4. The van der Waals surface area contributed by atoms with Gasteiger partial charge < -0.3 is 14.4 Å². The van der Waals surface area contributed by atoms with E-state index >= 15 is 0 Å². The van der Waals surface area contributed by atoms with Gasteiger partial charge in [0.25, 0.3) is 0 Å². The summed E-state index contributed by atoms with van der Waals surface area (Å²) in [5, 5.41) is 0. The normalized spacial score (nSPS) is 17.1. The van der Waals surface area contributed by atoms with Gasteiger partial charge in [-0.1, -0.05) is 0 Å². The predicted octanol–water partition coefficient (Wildman–Crippen LogP) is 2.11. The van der Waals surface area contributed by atoms with E-state index in [0.29, 0.717) is 12.8 Å². The van der Waals surface area contributed by atoms with Crippen LogP contribution in [-0.4, -0.2) is 44.4 Å². The Hall–Kier alpha value is -1.10. The summed E-state index contributed by atoms with van der Waals surface area (Å²) in [5.74, 6) is -0.332. The van der Waals surface area contributed by atoms with Gasteiger partial charge in [0.05, 0.1) is 6.61 Å². The summed E-state index contributed by atoms with van der Waals surface area (Å²) in [6, 6.07) is 0. The molecule has 92 valence electrons. The number of carbonyl (C=O) groups is 1. The highest BCUT2D eigenvalue weighted by atomic mass is 19.1. The average molecular weight is 231 g/mol. The standard InChI is InChI=1S/C11H18FNO3/c1-3-15-11(14)16-8-10(12)9-4-6-13(2)7-5-9/h3-8H2,1-2H3. The molecule has 5 heteroatoms. The second-order valence-electron chi connectivity index (χ2n) is 3.78. The van der Waals surface area contributed by atoms with Crippen molar-refractivity contribution in [2.45, 2.75) is 19.8 Å². The lowest BCUT2D eigenvalue weighted by molar-refractivity contribution is 0.0615. The quantitative estimate of drug-likeness (QED) is 0.697. The Morgan fingerprint density at radius 1 is 1.38 bits per heavy atom. The maximum atomic E-state index is 13.5. The van der Waals surface area contributed by atoms with Gasteiger partial charge >= 0.3 is 6.16 Å². The first kappa shape index (κ1) is 13.0. The lowest BCUT2D eigenvalue weighted by Gasteiger charge is -2.24. The van der Waals surface area contributed by atoms with Crippen molar-refractivity contribution in [1.82, 2.24) is 4.90 Å². The van der Waals surface area contributed by atoms with Crippen molar-refractivity contribution in [1.29, 1.82) is 0 Å². The van der Waals surface area contributed by atoms with Crippen LogP contribution in [0.1, 0.15) is 19.8 Å². The molecule has 0 saturated carbocycles. The van der Waals surface area contributed by atoms with Crippen LogP contribution in [-0.2, 0) is 9.47 Å². The molecule has 0 aliphatic carbocycles. The first-order valence-corrected chi connectivity index (χ1v) is 5.48. The van der Waals surface area contributed by atoms with Crippen molar-refractivity contribution in [3.05, 3.63) is 11.4 Å². The summed E-state index contributed by atoms with van der Waals surface area (Å²) in [7, 11) is 2.00. The maximum Gasteiger partial charge on any atom is 0.508 e. The fourth-order valence-corrected chi connectivity index (χ4v) is 1.54. The van der Waals surface area contributed by atoms with Gasteiger partial charge in [0.2, 0.25) is 0 Å². The van der Waals surface area contributed by atoms with Crippen LogP contribution in [0, 0.1) is 0 Å². The third-order valence-electron chi connectivity index (χ3n) is 2.55. The Bertz CT molecular complexity index is 268. The third-order valence-corrected chi connectivity index (χ3v) is 2.55. The van der Waals surface area contributed by atoms with E-state index in [2.05, 4.69) is 14.4 Å². The molecule has 1 heterocycles. The van der Waals surface area contributed by atoms with Crippen molar-refractivity contribution in [3.8, 4) is 0 Å². The van der Waals surface area contributed by atoms with E-state index in [1.54, 1.807) is 6.92 Å². The molecule has 0 aromatic rings. The van der Waals surface area contributed by atoms with Crippen molar-refractivity contribution < 1.29 is 18.7 Å². The summed E-state index contributed by atoms with van der Waals surface area (Å²) in [6.45, 7) is 3.30. The second-order valence-corrected chi connectivity index (χ2v) is 3.78. The molecule has 0 spiro atoms. The molecular weight excluding hydrogens is 213 g/mol. The van der Waals surface area contributed by atoms with Gasteiger partial charge in [0.1, 0.15) is 12.4 Å². The molecule has 1 saturated heterocycles. The molecule has 0 bridgehead atoms. The number of piperidine rings is 1. The van der Waals surface area contributed by atoms with Crippen LogP contribution in [0.3, 0.4) is 0 Å². The number of nitrogens with zero attached hydrogens (tertiary/aromatic N) is 1.